The van der Waals surface area contributed by atoms with Crippen molar-refractivity contribution < 1.29 is 26.3 Å². The van der Waals surface area contributed by atoms with Crippen molar-refractivity contribution in [2.24, 2.45) is 0 Å². The zero-order valence-electron chi connectivity index (χ0n) is 17.6. The lowest BCUT2D eigenvalue weighted by Gasteiger charge is -2.30. The molecule has 0 spiro atoms. The summed E-state index contributed by atoms with van der Waals surface area (Å²) >= 11 is 0. The van der Waals surface area contributed by atoms with E-state index in [-0.39, 0.29) is 23.0 Å². The number of halogens is 3. The van der Waals surface area contributed by atoms with Crippen LogP contribution in [0.15, 0.2) is 18.3 Å². The van der Waals surface area contributed by atoms with Crippen LogP contribution in [0.25, 0.3) is 11.3 Å². The van der Waals surface area contributed by atoms with E-state index < -0.39 is 27.3 Å². The van der Waals surface area contributed by atoms with E-state index in [0.29, 0.717) is 44.8 Å². The minimum absolute atomic E-state index is 0.00416. The van der Waals surface area contributed by atoms with Crippen LogP contribution in [0.3, 0.4) is 0 Å². The van der Waals surface area contributed by atoms with Gasteiger partial charge in [-0.05, 0) is 25.0 Å². The summed E-state index contributed by atoms with van der Waals surface area (Å²) in [7, 11) is -2.12. The van der Waals surface area contributed by atoms with Crippen LogP contribution in [0.4, 0.5) is 24.9 Å². The average molecular weight is 472 g/mol. The standard InChI is InChI=1S/C19H23F3N6O3S/c1-27(32(2,29)30)18(3-4-18)15-10-14(25-17(26-15)28-5-7-31-8-6-28)12-11-24-16(23)9-13(12)19(20,21)22/h9-11H,3-8H2,1-2H3,(H2,23,24). The second-order valence-corrected chi connectivity index (χ2v) is 9.97. The molecule has 3 heterocycles. The van der Waals surface area contributed by atoms with Crippen molar-refractivity contribution in [3.63, 3.8) is 0 Å². The first-order valence-electron chi connectivity index (χ1n) is 9.91. The zero-order chi connectivity index (χ0) is 23.3. The zero-order valence-corrected chi connectivity index (χ0v) is 18.4. The number of rotatable bonds is 5. The molecule has 0 atom stereocenters. The number of nitrogens with zero attached hydrogens (tertiary/aromatic N) is 5. The third-order valence-corrected chi connectivity index (χ3v) is 7.16. The number of pyridine rings is 1. The van der Waals surface area contributed by atoms with Crippen molar-refractivity contribution in [2.45, 2.75) is 24.6 Å². The summed E-state index contributed by atoms with van der Waals surface area (Å²) in [4.78, 5) is 14.6. The van der Waals surface area contributed by atoms with Crippen molar-refractivity contribution in [2.75, 3.05) is 50.2 Å². The highest BCUT2D eigenvalue weighted by molar-refractivity contribution is 7.88. The highest BCUT2D eigenvalue weighted by atomic mass is 32.2. The topological polar surface area (TPSA) is 115 Å². The number of morpholine rings is 1. The molecule has 1 aliphatic heterocycles. The summed E-state index contributed by atoms with van der Waals surface area (Å²) in [5.74, 6) is -0.0434. The van der Waals surface area contributed by atoms with Gasteiger partial charge < -0.3 is 15.4 Å². The van der Waals surface area contributed by atoms with Crippen molar-refractivity contribution in [3.8, 4) is 11.3 Å². The van der Waals surface area contributed by atoms with Gasteiger partial charge in [0.05, 0.1) is 42.0 Å². The SMILES string of the molecule is CN(C1(c2cc(-c3cnc(N)cc3C(F)(F)F)nc(N3CCOCC3)n2)CC1)S(C)(=O)=O. The monoisotopic (exact) mass is 472 g/mol. The first-order chi connectivity index (χ1) is 14.9. The van der Waals surface area contributed by atoms with E-state index in [4.69, 9.17) is 10.5 Å². The molecule has 2 aromatic heterocycles. The Balaban J connectivity index is 1.90. The molecule has 2 aliphatic rings. The van der Waals surface area contributed by atoms with Crippen LogP contribution in [0.1, 0.15) is 24.1 Å². The molecule has 0 aromatic carbocycles. The summed E-state index contributed by atoms with van der Waals surface area (Å²) in [6.45, 7) is 1.77. The van der Waals surface area contributed by atoms with Crippen molar-refractivity contribution >= 4 is 21.8 Å². The van der Waals surface area contributed by atoms with E-state index in [9.17, 15) is 21.6 Å². The molecule has 32 heavy (non-hydrogen) atoms. The molecule has 2 aromatic rings. The maximum Gasteiger partial charge on any atom is 0.417 e. The molecule has 1 aliphatic carbocycles. The van der Waals surface area contributed by atoms with Crippen molar-refractivity contribution in [1.82, 2.24) is 19.3 Å². The molecule has 2 N–H and O–H groups in total. The second kappa shape index (κ2) is 7.81. The van der Waals surface area contributed by atoms with E-state index in [2.05, 4.69) is 15.0 Å². The van der Waals surface area contributed by atoms with Gasteiger partial charge in [0.2, 0.25) is 16.0 Å². The maximum atomic E-state index is 13.8. The first-order valence-corrected chi connectivity index (χ1v) is 11.8. The van der Waals surface area contributed by atoms with Crippen LogP contribution >= 0.6 is 0 Å². The molecule has 1 saturated carbocycles. The van der Waals surface area contributed by atoms with Crippen LogP contribution in [0.5, 0.6) is 0 Å². The van der Waals surface area contributed by atoms with E-state index in [1.54, 1.807) is 0 Å². The lowest BCUT2D eigenvalue weighted by atomic mass is 10.0. The third kappa shape index (κ3) is 4.24. The molecule has 1 saturated heterocycles. The Labute approximate surface area is 183 Å². The average Bonchev–Trinajstić information content (AvgIpc) is 3.54. The maximum absolute atomic E-state index is 13.8. The molecule has 0 unspecified atom stereocenters. The first kappa shape index (κ1) is 22.7. The molecule has 2 fully saturated rings. The van der Waals surface area contributed by atoms with Gasteiger partial charge in [-0.15, -0.1) is 0 Å². The Morgan fingerprint density at radius 2 is 1.84 bits per heavy atom. The lowest BCUT2D eigenvalue weighted by molar-refractivity contribution is -0.137. The van der Waals surface area contributed by atoms with Gasteiger partial charge in [0.25, 0.3) is 0 Å². The van der Waals surface area contributed by atoms with Gasteiger partial charge in [-0.2, -0.15) is 17.5 Å². The Morgan fingerprint density at radius 1 is 1.19 bits per heavy atom. The van der Waals surface area contributed by atoms with Gasteiger partial charge in [0.1, 0.15) is 5.82 Å². The third-order valence-electron chi connectivity index (χ3n) is 5.82. The van der Waals surface area contributed by atoms with Gasteiger partial charge in [0, 0.05) is 31.9 Å². The number of sulfonamides is 1. The Morgan fingerprint density at radius 3 is 2.41 bits per heavy atom. The molecule has 9 nitrogen and oxygen atoms in total. The van der Waals surface area contributed by atoms with Gasteiger partial charge >= 0.3 is 6.18 Å². The van der Waals surface area contributed by atoms with Crippen LogP contribution in [-0.4, -0.2) is 67.3 Å². The minimum Gasteiger partial charge on any atom is -0.384 e. The molecule has 0 bridgehead atoms. The van der Waals surface area contributed by atoms with Crippen LogP contribution in [0.2, 0.25) is 0 Å². The van der Waals surface area contributed by atoms with E-state index >= 15 is 0 Å². The highest BCUT2D eigenvalue weighted by Crippen LogP contribution is 2.51. The molecule has 174 valence electrons. The largest absolute Gasteiger partial charge is 0.417 e. The predicted molar refractivity (Wildman–Crippen MR) is 111 cm³/mol. The van der Waals surface area contributed by atoms with Gasteiger partial charge in [-0.3, -0.25) is 0 Å². The Bertz CT molecular complexity index is 1130. The van der Waals surface area contributed by atoms with Crippen LogP contribution in [0, 0.1) is 0 Å². The predicted octanol–water partition coefficient (Wildman–Crippen LogP) is 1.86. The van der Waals surface area contributed by atoms with Crippen LogP contribution in [-0.2, 0) is 26.5 Å². The van der Waals surface area contributed by atoms with E-state index in [0.717, 1.165) is 18.5 Å². The fraction of sp³-hybridized carbons (Fsp3) is 0.526. The van der Waals surface area contributed by atoms with E-state index in [1.807, 2.05) is 4.90 Å². The number of hydrogen-bond acceptors (Lipinski definition) is 8. The normalized spacial score (nSPS) is 18.8. The van der Waals surface area contributed by atoms with E-state index in [1.165, 1.54) is 17.4 Å². The molecular weight excluding hydrogens is 449 g/mol. The lowest BCUT2D eigenvalue weighted by Crippen LogP contribution is -2.39. The number of alkyl halides is 3. The van der Waals surface area contributed by atoms with Gasteiger partial charge in [0.15, 0.2) is 0 Å². The number of ether oxygens (including phenoxy) is 1. The van der Waals surface area contributed by atoms with Gasteiger partial charge in [-0.25, -0.2) is 23.4 Å². The summed E-state index contributed by atoms with van der Waals surface area (Å²) in [6.07, 6.45) is -1.56. The minimum atomic E-state index is -4.68. The van der Waals surface area contributed by atoms with Gasteiger partial charge in [-0.1, -0.05) is 0 Å². The Hall–Kier alpha value is -2.51. The summed E-state index contributed by atoms with van der Waals surface area (Å²) in [5.41, 5.74) is 3.72. The number of hydrogen-bond donors (Lipinski definition) is 1. The summed E-state index contributed by atoms with van der Waals surface area (Å²) in [6, 6.07) is 2.18. The summed E-state index contributed by atoms with van der Waals surface area (Å²) in [5, 5.41) is 0. The molecule has 13 heteroatoms. The fourth-order valence-corrected chi connectivity index (χ4v) is 4.70. The fourth-order valence-electron chi connectivity index (χ4n) is 3.79. The number of nitrogens with two attached hydrogens (primary N) is 1. The number of nitrogen functional groups attached to an aromatic ring is 1. The molecular formula is C19H23F3N6O3S. The molecule has 0 radical (unpaired) electrons. The smallest absolute Gasteiger partial charge is 0.384 e. The van der Waals surface area contributed by atoms with Crippen molar-refractivity contribution in [3.05, 3.63) is 29.6 Å². The number of aromatic nitrogens is 3. The second-order valence-electron chi connectivity index (χ2n) is 7.95. The Kier molecular flexibility index (Phi) is 5.54. The molecule has 0 amide bonds. The molecule has 4 rings (SSSR count). The quantitative estimate of drug-likeness (QED) is 0.701. The van der Waals surface area contributed by atoms with Crippen LogP contribution < -0.4 is 10.6 Å². The highest BCUT2D eigenvalue weighted by Gasteiger charge is 2.53. The summed E-state index contributed by atoms with van der Waals surface area (Å²) < 4.78 is 72.3. The number of anilines is 2. The van der Waals surface area contributed by atoms with Crippen molar-refractivity contribution in [1.29, 1.82) is 0 Å².